The second-order valence-corrected chi connectivity index (χ2v) is 6.85. The lowest BCUT2D eigenvalue weighted by Crippen LogP contribution is -2.24. The summed E-state index contributed by atoms with van der Waals surface area (Å²) in [4.78, 5) is 14.7. The zero-order valence-electron chi connectivity index (χ0n) is 11.7. The van der Waals surface area contributed by atoms with Crippen LogP contribution in [0.4, 0.5) is 4.39 Å². The molecule has 0 fully saturated rings. The lowest BCUT2D eigenvalue weighted by Gasteiger charge is -2.02. The molecular weight excluding hydrogens is 317 g/mol. The van der Waals surface area contributed by atoms with E-state index in [1.807, 2.05) is 11.4 Å². The van der Waals surface area contributed by atoms with Gasteiger partial charge in [0.15, 0.2) is 0 Å². The molecule has 1 amide bonds. The molecule has 0 spiro atoms. The fraction of sp³-hybridized carbons (Fsp3) is 0.118. The largest absolute Gasteiger partial charge is 0.351 e. The highest BCUT2D eigenvalue weighted by Crippen LogP contribution is 2.29. The van der Waals surface area contributed by atoms with Gasteiger partial charge in [-0.05, 0) is 36.1 Å². The van der Waals surface area contributed by atoms with Gasteiger partial charge in [-0.25, -0.2) is 4.39 Å². The van der Waals surface area contributed by atoms with E-state index in [-0.39, 0.29) is 11.7 Å². The first-order chi connectivity index (χ1) is 10.7. The van der Waals surface area contributed by atoms with Crippen molar-refractivity contribution in [2.45, 2.75) is 6.42 Å². The van der Waals surface area contributed by atoms with Crippen molar-refractivity contribution in [2.75, 3.05) is 6.54 Å². The van der Waals surface area contributed by atoms with E-state index in [2.05, 4.69) is 11.4 Å². The van der Waals surface area contributed by atoms with Crippen molar-refractivity contribution < 1.29 is 9.18 Å². The van der Waals surface area contributed by atoms with Crippen molar-refractivity contribution in [3.05, 3.63) is 69.5 Å². The van der Waals surface area contributed by atoms with Gasteiger partial charge in [0.25, 0.3) is 5.91 Å². The van der Waals surface area contributed by atoms with Crippen LogP contribution in [-0.4, -0.2) is 12.5 Å². The molecule has 22 heavy (non-hydrogen) atoms. The first-order valence-corrected chi connectivity index (χ1v) is 8.59. The summed E-state index contributed by atoms with van der Waals surface area (Å²) in [6, 6.07) is 14.2. The van der Waals surface area contributed by atoms with Crippen LogP contribution in [0.25, 0.3) is 10.4 Å². The first kappa shape index (κ1) is 14.9. The summed E-state index contributed by atoms with van der Waals surface area (Å²) >= 11 is 2.99. The van der Waals surface area contributed by atoms with E-state index < -0.39 is 0 Å². The molecule has 0 radical (unpaired) electrons. The van der Waals surface area contributed by atoms with Gasteiger partial charge in [-0.3, -0.25) is 4.79 Å². The summed E-state index contributed by atoms with van der Waals surface area (Å²) in [5, 5.41) is 4.93. The topological polar surface area (TPSA) is 29.1 Å². The third kappa shape index (κ3) is 3.43. The molecule has 2 heterocycles. The van der Waals surface area contributed by atoms with Crippen LogP contribution in [0.5, 0.6) is 0 Å². The molecule has 0 saturated heterocycles. The third-order valence-corrected chi connectivity index (χ3v) is 5.26. The summed E-state index contributed by atoms with van der Waals surface area (Å²) in [6.45, 7) is 0.603. The maximum absolute atomic E-state index is 13.8. The average Bonchev–Trinajstić information content (AvgIpc) is 3.19. The Bertz CT molecular complexity index is 765. The summed E-state index contributed by atoms with van der Waals surface area (Å²) in [7, 11) is 0. The van der Waals surface area contributed by atoms with E-state index in [4.69, 9.17) is 0 Å². The van der Waals surface area contributed by atoms with E-state index in [1.165, 1.54) is 22.3 Å². The molecule has 1 aromatic carbocycles. The minimum atomic E-state index is -0.269. The Morgan fingerprint density at radius 1 is 1.09 bits per heavy atom. The monoisotopic (exact) mass is 331 g/mol. The lowest BCUT2D eigenvalue weighted by atomic mass is 10.2. The number of thiophene rings is 2. The van der Waals surface area contributed by atoms with Crippen LogP contribution in [-0.2, 0) is 6.42 Å². The number of carbonyl (C=O) groups is 1. The predicted octanol–water partition coefficient (Wildman–Crippen LogP) is 4.59. The Morgan fingerprint density at radius 3 is 2.73 bits per heavy atom. The normalized spacial score (nSPS) is 10.6. The van der Waals surface area contributed by atoms with Gasteiger partial charge >= 0.3 is 0 Å². The zero-order chi connectivity index (χ0) is 15.4. The van der Waals surface area contributed by atoms with Crippen LogP contribution < -0.4 is 5.32 Å². The quantitative estimate of drug-likeness (QED) is 0.728. The molecule has 0 unspecified atom stereocenters. The minimum absolute atomic E-state index is 0.107. The highest BCUT2D eigenvalue weighted by atomic mass is 32.1. The van der Waals surface area contributed by atoms with Crippen molar-refractivity contribution in [1.82, 2.24) is 5.32 Å². The molecule has 2 aromatic heterocycles. The number of amides is 1. The Morgan fingerprint density at radius 2 is 1.95 bits per heavy atom. The lowest BCUT2D eigenvalue weighted by molar-refractivity contribution is 0.0958. The molecule has 1 N–H and O–H groups in total. The van der Waals surface area contributed by atoms with Gasteiger partial charge in [0.05, 0.1) is 4.88 Å². The molecule has 0 atom stereocenters. The van der Waals surface area contributed by atoms with Gasteiger partial charge in [-0.15, -0.1) is 22.7 Å². The maximum Gasteiger partial charge on any atom is 0.261 e. The molecule has 0 aliphatic carbocycles. The smallest absolute Gasteiger partial charge is 0.261 e. The molecule has 5 heteroatoms. The zero-order valence-corrected chi connectivity index (χ0v) is 13.3. The van der Waals surface area contributed by atoms with Gasteiger partial charge in [0.2, 0.25) is 0 Å². The molecule has 0 aliphatic rings. The number of hydrogen-bond donors (Lipinski definition) is 1. The van der Waals surface area contributed by atoms with E-state index in [1.54, 1.807) is 41.7 Å². The molecule has 0 saturated carbocycles. The van der Waals surface area contributed by atoms with E-state index >= 15 is 0 Å². The number of halogens is 1. The number of hydrogen-bond acceptors (Lipinski definition) is 3. The second-order valence-electron chi connectivity index (χ2n) is 4.73. The van der Waals surface area contributed by atoms with Crippen LogP contribution in [0.2, 0.25) is 0 Å². The Balaban J connectivity index is 1.63. The summed E-state index contributed by atoms with van der Waals surface area (Å²) in [6.07, 6.45) is 0.828. The van der Waals surface area contributed by atoms with Gasteiger partial charge in [-0.1, -0.05) is 24.3 Å². The fourth-order valence-corrected chi connectivity index (χ4v) is 3.77. The molecule has 0 aliphatic heterocycles. The molecular formula is C17H14FNOS2. The first-order valence-electron chi connectivity index (χ1n) is 6.89. The summed E-state index contributed by atoms with van der Waals surface area (Å²) < 4.78 is 13.8. The molecule has 112 valence electrons. The molecule has 3 rings (SSSR count). The highest BCUT2D eigenvalue weighted by Gasteiger charge is 2.12. The van der Waals surface area contributed by atoms with Crippen LogP contribution in [0, 0.1) is 5.82 Å². The van der Waals surface area contributed by atoms with Crippen molar-refractivity contribution in [2.24, 2.45) is 0 Å². The maximum atomic E-state index is 13.8. The molecule has 2 nitrogen and oxygen atoms in total. The van der Waals surface area contributed by atoms with Crippen molar-refractivity contribution >= 4 is 28.6 Å². The van der Waals surface area contributed by atoms with Crippen molar-refractivity contribution in [1.29, 1.82) is 0 Å². The number of rotatable bonds is 5. The SMILES string of the molecule is O=C(NCCc1cccs1)c1ccc(-c2ccccc2F)s1. The summed E-state index contributed by atoms with van der Waals surface area (Å²) in [5.41, 5.74) is 0.533. The number of carbonyl (C=O) groups excluding carboxylic acids is 1. The van der Waals surface area contributed by atoms with E-state index in [9.17, 15) is 9.18 Å². The standard InChI is InChI=1S/C17H14FNOS2/c18-14-6-2-1-5-13(14)15-7-8-16(22-15)17(20)19-10-9-12-4-3-11-21-12/h1-8,11H,9-10H2,(H,19,20). The number of benzene rings is 1. The third-order valence-electron chi connectivity index (χ3n) is 3.21. The molecule has 3 aromatic rings. The van der Waals surface area contributed by atoms with E-state index in [0.29, 0.717) is 17.0 Å². The predicted molar refractivity (Wildman–Crippen MR) is 90.1 cm³/mol. The Hall–Kier alpha value is -1.98. The van der Waals surface area contributed by atoms with Gasteiger partial charge < -0.3 is 5.32 Å². The molecule has 0 bridgehead atoms. The van der Waals surface area contributed by atoms with Crippen LogP contribution in [0.3, 0.4) is 0 Å². The van der Waals surface area contributed by atoms with Crippen molar-refractivity contribution in [3.63, 3.8) is 0 Å². The number of nitrogens with one attached hydrogen (secondary N) is 1. The fourth-order valence-electron chi connectivity index (χ4n) is 2.11. The highest BCUT2D eigenvalue weighted by molar-refractivity contribution is 7.17. The van der Waals surface area contributed by atoms with Crippen LogP contribution in [0.1, 0.15) is 14.5 Å². The van der Waals surface area contributed by atoms with Crippen LogP contribution in [0.15, 0.2) is 53.9 Å². The second kappa shape index (κ2) is 6.85. The average molecular weight is 331 g/mol. The van der Waals surface area contributed by atoms with Gasteiger partial charge in [0, 0.05) is 21.9 Å². The van der Waals surface area contributed by atoms with Gasteiger partial charge in [0.1, 0.15) is 5.82 Å². The van der Waals surface area contributed by atoms with E-state index in [0.717, 1.165) is 11.3 Å². The Labute approximate surface area is 136 Å². The van der Waals surface area contributed by atoms with Crippen LogP contribution >= 0.6 is 22.7 Å². The summed E-state index contributed by atoms with van der Waals surface area (Å²) in [5.74, 6) is -0.377. The van der Waals surface area contributed by atoms with Crippen molar-refractivity contribution in [3.8, 4) is 10.4 Å². The minimum Gasteiger partial charge on any atom is -0.351 e. The Kier molecular flexibility index (Phi) is 4.65. The van der Waals surface area contributed by atoms with Gasteiger partial charge in [-0.2, -0.15) is 0 Å².